The van der Waals surface area contributed by atoms with E-state index < -0.39 is 0 Å². The molecule has 0 aromatic carbocycles. The molecule has 0 aromatic heterocycles. The monoisotopic (exact) mass is 236 g/mol. The molecule has 0 aromatic rings. The van der Waals surface area contributed by atoms with Gasteiger partial charge in [-0.15, -0.1) is 6.58 Å². The largest absolute Gasteiger partial charge is 0.341 e. The molecule has 0 bridgehead atoms. The van der Waals surface area contributed by atoms with Crippen LogP contribution in [0.5, 0.6) is 0 Å². The van der Waals surface area contributed by atoms with E-state index in [2.05, 4.69) is 6.58 Å². The Morgan fingerprint density at radius 3 is 2.76 bits per heavy atom. The molecule has 2 fully saturated rings. The van der Waals surface area contributed by atoms with Crippen molar-refractivity contribution in [1.82, 2.24) is 4.90 Å². The van der Waals surface area contributed by atoms with Gasteiger partial charge >= 0.3 is 0 Å². The molecule has 1 saturated carbocycles. The van der Waals surface area contributed by atoms with Crippen LogP contribution in [0.2, 0.25) is 0 Å². The first-order chi connectivity index (χ1) is 8.22. The summed E-state index contributed by atoms with van der Waals surface area (Å²) in [6.45, 7) is 5.49. The van der Waals surface area contributed by atoms with E-state index in [9.17, 15) is 4.79 Å². The minimum absolute atomic E-state index is 0.119. The minimum atomic E-state index is -0.382. The molecule has 3 heteroatoms. The van der Waals surface area contributed by atoms with Crippen LogP contribution >= 0.6 is 0 Å². The van der Waals surface area contributed by atoms with E-state index in [1.165, 1.54) is 32.1 Å². The molecule has 2 N–H and O–H groups in total. The lowest BCUT2D eigenvalue weighted by Gasteiger charge is -2.42. The Bertz CT molecular complexity index is 290. The highest BCUT2D eigenvalue weighted by Gasteiger charge is 2.33. The Morgan fingerprint density at radius 2 is 2.06 bits per heavy atom. The van der Waals surface area contributed by atoms with Crippen LogP contribution in [0, 0.1) is 11.8 Å². The van der Waals surface area contributed by atoms with Gasteiger partial charge in [0.05, 0.1) is 6.04 Å². The van der Waals surface area contributed by atoms with Gasteiger partial charge in [0.25, 0.3) is 0 Å². The predicted octanol–water partition coefficient (Wildman–Crippen LogP) is 1.93. The number of carbonyl (C=O) groups excluding carboxylic acids is 1. The summed E-state index contributed by atoms with van der Waals surface area (Å²) < 4.78 is 0. The molecule has 1 aliphatic heterocycles. The smallest absolute Gasteiger partial charge is 0.239 e. The van der Waals surface area contributed by atoms with Crippen LogP contribution in [0.15, 0.2) is 12.7 Å². The van der Waals surface area contributed by atoms with Gasteiger partial charge in [0, 0.05) is 13.1 Å². The van der Waals surface area contributed by atoms with Gasteiger partial charge in [0.2, 0.25) is 5.91 Å². The fraction of sp³-hybridized carbons (Fsp3) is 0.786. The van der Waals surface area contributed by atoms with Crippen LogP contribution in [0.1, 0.15) is 38.5 Å². The van der Waals surface area contributed by atoms with Crippen molar-refractivity contribution < 1.29 is 4.79 Å². The lowest BCUT2D eigenvalue weighted by Crippen LogP contribution is -2.50. The van der Waals surface area contributed by atoms with Crippen LogP contribution < -0.4 is 5.73 Å². The molecule has 1 saturated heterocycles. The predicted molar refractivity (Wildman–Crippen MR) is 69.4 cm³/mol. The molecule has 3 atom stereocenters. The number of piperidine rings is 1. The molecule has 1 heterocycles. The van der Waals surface area contributed by atoms with Crippen molar-refractivity contribution >= 4 is 5.91 Å². The minimum Gasteiger partial charge on any atom is -0.341 e. The number of amides is 1. The van der Waals surface area contributed by atoms with Crippen LogP contribution in [0.3, 0.4) is 0 Å². The number of nitrogens with zero attached hydrogens (tertiary/aromatic N) is 1. The zero-order valence-electron chi connectivity index (χ0n) is 10.6. The summed E-state index contributed by atoms with van der Waals surface area (Å²) in [4.78, 5) is 14.1. The Morgan fingerprint density at radius 1 is 1.35 bits per heavy atom. The van der Waals surface area contributed by atoms with E-state index in [1.54, 1.807) is 6.08 Å². The van der Waals surface area contributed by atoms with Gasteiger partial charge in [-0.3, -0.25) is 4.79 Å². The van der Waals surface area contributed by atoms with E-state index in [1.807, 2.05) is 4.90 Å². The number of hydrogen-bond donors (Lipinski definition) is 1. The standard InChI is InChI=1S/C14H24N2O/c1-2-5-13(15)14(17)16-9-8-11-6-3-4-7-12(11)10-16/h2,11-13H,1,3-10,15H2. The van der Waals surface area contributed by atoms with Gasteiger partial charge in [-0.05, 0) is 31.1 Å². The average molecular weight is 236 g/mol. The molecule has 3 nitrogen and oxygen atoms in total. The second-order valence-corrected chi connectivity index (χ2v) is 5.51. The van der Waals surface area contributed by atoms with Crippen molar-refractivity contribution in [2.45, 2.75) is 44.6 Å². The first-order valence-electron chi connectivity index (χ1n) is 6.87. The zero-order chi connectivity index (χ0) is 12.3. The fourth-order valence-electron chi connectivity index (χ4n) is 3.32. The highest BCUT2D eigenvalue weighted by Crippen LogP contribution is 2.36. The van der Waals surface area contributed by atoms with Crippen molar-refractivity contribution in [2.75, 3.05) is 13.1 Å². The van der Waals surface area contributed by atoms with E-state index >= 15 is 0 Å². The first-order valence-corrected chi connectivity index (χ1v) is 6.87. The lowest BCUT2D eigenvalue weighted by atomic mass is 9.75. The maximum Gasteiger partial charge on any atom is 0.239 e. The van der Waals surface area contributed by atoms with Crippen molar-refractivity contribution in [2.24, 2.45) is 17.6 Å². The van der Waals surface area contributed by atoms with E-state index in [-0.39, 0.29) is 11.9 Å². The average Bonchev–Trinajstić information content (AvgIpc) is 2.37. The molecular weight excluding hydrogens is 212 g/mol. The number of carbonyl (C=O) groups is 1. The normalized spacial score (nSPS) is 30.5. The van der Waals surface area contributed by atoms with Gasteiger partial charge in [-0.1, -0.05) is 25.3 Å². The van der Waals surface area contributed by atoms with Gasteiger partial charge in [0.1, 0.15) is 0 Å². The quantitative estimate of drug-likeness (QED) is 0.761. The molecule has 1 amide bonds. The van der Waals surface area contributed by atoms with Crippen LogP contribution in [0.25, 0.3) is 0 Å². The summed E-state index contributed by atoms with van der Waals surface area (Å²) in [5.41, 5.74) is 5.86. The zero-order valence-corrected chi connectivity index (χ0v) is 10.6. The van der Waals surface area contributed by atoms with Crippen LogP contribution in [-0.2, 0) is 4.79 Å². The maximum absolute atomic E-state index is 12.1. The third-order valence-electron chi connectivity index (χ3n) is 4.34. The van der Waals surface area contributed by atoms with Crippen molar-refractivity contribution in [3.63, 3.8) is 0 Å². The summed E-state index contributed by atoms with van der Waals surface area (Å²) in [7, 11) is 0. The van der Waals surface area contributed by atoms with E-state index in [0.717, 1.165) is 24.9 Å². The SMILES string of the molecule is C=CCC(N)C(=O)N1CCC2CCCCC2C1. The molecule has 0 radical (unpaired) electrons. The number of rotatable bonds is 3. The highest BCUT2D eigenvalue weighted by atomic mass is 16.2. The molecule has 2 aliphatic rings. The Kier molecular flexibility index (Phi) is 4.21. The molecule has 1 aliphatic carbocycles. The maximum atomic E-state index is 12.1. The van der Waals surface area contributed by atoms with Gasteiger partial charge in [0.15, 0.2) is 0 Å². The fourth-order valence-corrected chi connectivity index (χ4v) is 3.32. The summed E-state index contributed by atoms with van der Waals surface area (Å²) in [5.74, 6) is 1.72. The van der Waals surface area contributed by atoms with Crippen LogP contribution in [0.4, 0.5) is 0 Å². The van der Waals surface area contributed by atoms with Crippen LogP contribution in [-0.4, -0.2) is 29.9 Å². The van der Waals surface area contributed by atoms with E-state index in [4.69, 9.17) is 5.73 Å². The summed E-state index contributed by atoms with van der Waals surface area (Å²) >= 11 is 0. The molecular formula is C14H24N2O. The number of nitrogens with two attached hydrogens (primary N) is 1. The third-order valence-corrected chi connectivity index (χ3v) is 4.34. The number of fused-ring (bicyclic) bond motifs is 1. The number of likely N-dealkylation sites (tertiary alicyclic amines) is 1. The molecule has 17 heavy (non-hydrogen) atoms. The molecule has 0 spiro atoms. The highest BCUT2D eigenvalue weighted by molar-refractivity contribution is 5.81. The van der Waals surface area contributed by atoms with Gasteiger partial charge < -0.3 is 10.6 Å². The first kappa shape index (κ1) is 12.6. The van der Waals surface area contributed by atoms with Gasteiger partial charge in [-0.25, -0.2) is 0 Å². The topological polar surface area (TPSA) is 46.3 Å². The lowest BCUT2D eigenvalue weighted by molar-refractivity contribution is -0.135. The third kappa shape index (κ3) is 2.89. The molecule has 96 valence electrons. The molecule has 2 rings (SSSR count). The Hall–Kier alpha value is -0.830. The second kappa shape index (κ2) is 5.67. The van der Waals surface area contributed by atoms with Crippen molar-refractivity contribution in [1.29, 1.82) is 0 Å². The summed E-state index contributed by atoms with van der Waals surface area (Å²) in [6, 6.07) is -0.382. The number of hydrogen-bond acceptors (Lipinski definition) is 2. The van der Waals surface area contributed by atoms with Crippen molar-refractivity contribution in [3.05, 3.63) is 12.7 Å². The Labute approximate surface area is 104 Å². The summed E-state index contributed by atoms with van der Waals surface area (Å²) in [6.07, 6.45) is 8.88. The Balaban J connectivity index is 1.90. The summed E-state index contributed by atoms with van der Waals surface area (Å²) in [5, 5.41) is 0. The second-order valence-electron chi connectivity index (χ2n) is 5.51. The molecule has 3 unspecified atom stereocenters. The van der Waals surface area contributed by atoms with E-state index in [0.29, 0.717) is 6.42 Å². The van der Waals surface area contributed by atoms with Crippen molar-refractivity contribution in [3.8, 4) is 0 Å². The van der Waals surface area contributed by atoms with Gasteiger partial charge in [-0.2, -0.15) is 0 Å².